The van der Waals surface area contributed by atoms with E-state index in [1.165, 1.54) is 19.4 Å². The van der Waals surface area contributed by atoms with Gasteiger partial charge in [0.25, 0.3) is 5.91 Å². The number of benzene rings is 2. The van der Waals surface area contributed by atoms with Gasteiger partial charge in [0.15, 0.2) is 33.9 Å². The van der Waals surface area contributed by atoms with Crippen molar-refractivity contribution in [3.63, 3.8) is 0 Å². The fourth-order valence-corrected chi connectivity index (χ4v) is 6.00. The first-order chi connectivity index (χ1) is 19.4. The number of rotatable bonds is 6. The first kappa shape index (κ1) is 25.8. The third-order valence-corrected chi connectivity index (χ3v) is 7.71. The molecule has 0 unspecified atom stereocenters. The van der Waals surface area contributed by atoms with Crippen LogP contribution in [-0.4, -0.2) is 51.7 Å². The van der Waals surface area contributed by atoms with Crippen LogP contribution in [0.4, 0.5) is 0 Å². The van der Waals surface area contributed by atoms with E-state index >= 15 is 0 Å². The van der Waals surface area contributed by atoms with Crippen molar-refractivity contribution >= 4 is 29.2 Å². The smallest absolute Gasteiger partial charge is 0.310 e. The van der Waals surface area contributed by atoms with E-state index in [4.69, 9.17) is 45.1 Å². The minimum Gasteiger partial charge on any atom is -0.493 e. The van der Waals surface area contributed by atoms with Crippen LogP contribution in [-0.2, 0) is 9.53 Å². The molecule has 3 aliphatic rings. The van der Waals surface area contributed by atoms with Crippen LogP contribution in [0.15, 0.2) is 47.1 Å². The van der Waals surface area contributed by atoms with E-state index in [0.29, 0.717) is 28.7 Å². The maximum absolute atomic E-state index is 13.3. The van der Waals surface area contributed by atoms with Crippen molar-refractivity contribution in [1.82, 2.24) is 10.6 Å². The summed E-state index contributed by atoms with van der Waals surface area (Å²) in [4.78, 5) is 25.9. The molecule has 1 saturated heterocycles. The minimum atomic E-state index is -0.586. The molecule has 1 fully saturated rings. The van der Waals surface area contributed by atoms with Gasteiger partial charge in [-0.3, -0.25) is 14.9 Å². The highest BCUT2D eigenvalue weighted by Crippen LogP contribution is 2.55. The number of hydrogen-bond acceptors (Lipinski definition) is 10. The lowest BCUT2D eigenvalue weighted by molar-refractivity contribution is -0.141. The highest BCUT2D eigenvalue weighted by Gasteiger charge is 2.53. The summed E-state index contributed by atoms with van der Waals surface area (Å²) in [6.45, 7) is 0.238. The number of ether oxygens (including phenoxy) is 6. The zero-order valence-electron chi connectivity index (χ0n) is 21.8. The van der Waals surface area contributed by atoms with Gasteiger partial charge in [-0.15, -0.1) is 0 Å². The molecule has 3 heterocycles. The second-order valence-electron chi connectivity index (χ2n) is 9.47. The zero-order valence-corrected chi connectivity index (χ0v) is 22.7. The number of carbonyl (C=O) groups excluding carboxylic acids is 2. The van der Waals surface area contributed by atoms with Crippen molar-refractivity contribution < 1.29 is 42.4 Å². The van der Waals surface area contributed by atoms with Gasteiger partial charge in [0.1, 0.15) is 0 Å². The lowest BCUT2D eigenvalue weighted by Gasteiger charge is -2.40. The van der Waals surface area contributed by atoms with Crippen LogP contribution in [0, 0.1) is 11.8 Å². The number of carbonyl (C=O) groups is 2. The van der Waals surface area contributed by atoms with Crippen molar-refractivity contribution in [3.8, 4) is 28.7 Å². The number of thiocarbonyl (C=S) groups is 1. The van der Waals surface area contributed by atoms with E-state index in [1.54, 1.807) is 20.3 Å². The summed E-state index contributed by atoms with van der Waals surface area (Å²) in [5, 5.41) is 5.98. The molecule has 2 aliphatic heterocycles. The number of amides is 1. The summed E-state index contributed by atoms with van der Waals surface area (Å²) in [6.07, 6.45) is 1.40. The van der Waals surface area contributed by atoms with E-state index in [1.807, 2.05) is 24.3 Å². The molecule has 0 saturated carbocycles. The molecule has 0 radical (unpaired) electrons. The van der Waals surface area contributed by atoms with E-state index in [2.05, 4.69) is 10.6 Å². The Hall–Kier alpha value is -4.45. The summed E-state index contributed by atoms with van der Waals surface area (Å²) >= 11 is 5.51. The average molecular weight is 567 g/mol. The Labute approximate surface area is 234 Å². The molecule has 6 rings (SSSR count). The quantitative estimate of drug-likeness (QED) is 0.337. The fourth-order valence-electron chi connectivity index (χ4n) is 5.78. The van der Waals surface area contributed by atoms with Gasteiger partial charge in [-0.2, -0.15) is 0 Å². The predicted octanol–water partition coefficient (Wildman–Crippen LogP) is 3.31. The fraction of sp³-hybridized carbons (Fsp3) is 0.321. The second kappa shape index (κ2) is 10.3. The molecule has 208 valence electrons. The molecule has 12 heteroatoms. The molecular formula is C28H26N2O9S. The summed E-state index contributed by atoms with van der Waals surface area (Å²) in [7, 11) is 4.61. The van der Waals surface area contributed by atoms with Crippen LogP contribution in [0.1, 0.15) is 39.2 Å². The molecule has 1 aromatic heterocycles. The molecular weight excluding hydrogens is 540 g/mol. The number of methoxy groups -OCH3 is 3. The van der Waals surface area contributed by atoms with Crippen LogP contribution in [0.3, 0.4) is 0 Å². The van der Waals surface area contributed by atoms with Crippen molar-refractivity contribution in [2.24, 2.45) is 11.8 Å². The van der Waals surface area contributed by atoms with Crippen LogP contribution >= 0.6 is 12.2 Å². The highest BCUT2D eigenvalue weighted by atomic mass is 32.1. The monoisotopic (exact) mass is 566 g/mol. The molecule has 0 spiro atoms. The molecule has 11 nitrogen and oxygen atoms in total. The number of fused-ring (bicyclic) bond motifs is 3. The number of furan rings is 1. The molecule has 0 bridgehead atoms. The molecule has 2 N–H and O–H groups in total. The van der Waals surface area contributed by atoms with E-state index < -0.39 is 23.8 Å². The number of nitrogens with one attached hydrogen (secondary N) is 2. The zero-order chi connectivity index (χ0) is 28.0. The Morgan fingerprint density at radius 3 is 2.30 bits per heavy atom. The third-order valence-electron chi connectivity index (χ3n) is 7.49. The average Bonchev–Trinajstić information content (AvgIpc) is 3.73. The third kappa shape index (κ3) is 4.24. The number of cyclic esters (lactones) is 1. The van der Waals surface area contributed by atoms with Gasteiger partial charge in [0.2, 0.25) is 12.5 Å². The Kier molecular flexibility index (Phi) is 6.62. The van der Waals surface area contributed by atoms with E-state index in [-0.39, 0.29) is 36.2 Å². The van der Waals surface area contributed by atoms with E-state index in [9.17, 15) is 9.59 Å². The topological polar surface area (TPSA) is 127 Å². The Balaban J connectivity index is 1.45. The van der Waals surface area contributed by atoms with Crippen molar-refractivity contribution in [2.45, 2.75) is 12.0 Å². The van der Waals surface area contributed by atoms with Gasteiger partial charge in [-0.1, -0.05) is 0 Å². The summed E-state index contributed by atoms with van der Waals surface area (Å²) in [5.41, 5.74) is 2.42. The lowest BCUT2D eigenvalue weighted by Crippen LogP contribution is -2.47. The summed E-state index contributed by atoms with van der Waals surface area (Å²) in [6, 6.07) is 10.1. The van der Waals surface area contributed by atoms with Crippen molar-refractivity contribution in [3.05, 3.63) is 65.1 Å². The molecule has 4 atom stereocenters. The molecule has 1 aliphatic carbocycles. The SMILES string of the molecule is COc1cc([C@@H]2c3cc4c(cc3[C@@H](NC(=S)NC(=O)c3ccco3)[C@H]3COC(=O)[C@H]23)OCO4)cc(OC)c1OC. The number of hydrogen-bond donors (Lipinski definition) is 2. The maximum Gasteiger partial charge on any atom is 0.310 e. The summed E-state index contributed by atoms with van der Waals surface area (Å²) in [5.74, 6) is 0.432. The highest BCUT2D eigenvalue weighted by molar-refractivity contribution is 7.80. The van der Waals surface area contributed by atoms with Gasteiger partial charge in [-0.05, 0) is 65.3 Å². The van der Waals surface area contributed by atoms with Gasteiger partial charge in [0, 0.05) is 11.8 Å². The molecule has 2 aromatic carbocycles. The Bertz CT molecular complexity index is 1460. The molecule has 1 amide bonds. The van der Waals surface area contributed by atoms with Gasteiger partial charge in [-0.25, -0.2) is 0 Å². The Morgan fingerprint density at radius 1 is 0.975 bits per heavy atom. The Morgan fingerprint density at radius 2 is 1.68 bits per heavy atom. The van der Waals surface area contributed by atoms with Crippen molar-refractivity contribution in [2.75, 3.05) is 34.7 Å². The lowest BCUT2D eigenvalue weighted by atomic mass is 9.65. The molecule has 3 aromatic rings. The molecule has 40 heavy (non-hydrogen) atoms. The van der Waals surface area contributed by atoms with Gasteiger partial charge < -0.3 is 38.2 Å². The first-order valence-electron chi connectivity index (χ1n) is 12.5. The second-order valence-corrected chi connectivity index (χ2v) is 9.88. The first-order valence-corrected chi connectivity index (χ1v) is 12.9. The van der Waals surface area contributed by atoms with Gasteiger partial charge in [0.05, 0.1) is 46.2 Å². The van der Waals surface area contributed by atoms with Crippen molar-refractivity contribution in [1.29, 1.82) is 0 Å². The van der Waals surface area contributed by atoms with Gasteiger partial charge >= 0.3 is 5.97 Å². The normalized spacial score (nSPS) is 22.0. The standard InChI is InChI=1S/C28H26N2O9S/c1-33-20-7-13(8-21(34-2)25(20)35-3)22-14-9-18-19(39-12-38-18)10-15(14)24(16-11-37-27(32)23(16)22)29-28(40)30-26(31)17-5-4-6-36-17/h4-10,16,22-24H,11-12H2,1-3H3,(H2,29,30,31,40)/t16-,22+,23-,24+/m0/s1. The van der Waals surface area contributed by atoms with Crippen LogP contribution < -0.4 is 34.3 Å². The van der Waals surface area contributed by atoms with E-state index in [0.717, 1.165) is 16.7 Å². The summed E-state index contributed by atoms with van der Waals surface area (Å²) < 4.78 is 38.9. The van der Waals surface area contributed by atoms with Crippen LogP contribution in [0.5, 0.6) is 28.7 Å². The number of esters is 1. The maximum atomic E-state index is 13.3. The van der Waals surface area contributed by atoms with Crippen LogP contribution in [0.25, 0.3) is 0 Å². The largest absolute Gasteiger partial charge is 0.493 e. The van der Waals surface area contributed by atoms with Crippen LogP contribution in [0.2, 0.25) is 0 Å². The predicted molar refractivity (Wildman–Crippen MR) is 143 cm³/mol. The minimum absolute atomic E-state index is 0.0810.